The molecule has 0 bridgehead atoms. The lowest BCUT2D eigenvalue weighted by atomic mass is 9.95. The lowest BCUT2D eigenvalue weighted by Crippen LogP contribution is -2.38. The molecule has 1 atom stereocenters. The van der Waals surface area contributed by atoms with Gasteiger partial charge in [-0.05, 0) is 35.7 Å². The van der Waals surface area contributed by atoms with E-state index >= 15 is 0 Å². The number of rotatable bonds is 3. The fourth-order valence-electron chi connectivity index (χ4n) is 4.01. The molecule has 0 unspecified atom stereocenters. The molecule has 5 rings (SSSR count). The molecule has 6 heteroatoms. The van der Waals surface area contributed by atoms with Crippen molar-refractivity contribution in [2.45, 2.75) is 26.1 Å². The Hall–Kier alpha value is -3.15. The van der Waals surface area contributed by atoms with Gasteiger partial charge in [0.1, 0.15) is 18.2 Å². The third-order valence-electron chi connectivity index (χ3n) is 5.52. The average Bonchev–Trinajstić information content (AvgIpc) is 3.31. The molecule has 0 fully saturated rings. The molecule has 3 heterocycles. The number of hydrogen-bond acceptors (Lipinski definition) is 3. The summed E-state index contributed by atoms with van der Waals surface area (Å²) in [4.78, 5) is 14.9. The van der Waals surface area contributed by atoms with Crippen LogP contribution in [-0.4, -0.2) is 27.2 Å². The van der Waals surface area contributed by atoms with Crippen LogP contribution < -0.4 is 4.74 Å². The van der Waals surface area contributed by atoms with Crippen molar-refractivity contribution in [1.82, 2.24) is 14.7 Å². The molecule has 0 aliphatic carbocycles. The van der Waals surface area contributed by atoms with Crippen molar-refractivity contribution in [3.05, 3.63) is 82.9 Å². The zero-order valence-corrected chi connectivity index (χ0v) is 15.3. The lowest BCUT2D eigenvalue weighted by molar-refractivity contribution is -0.137. The average molecular weight is 377 g/mol. The fraction of sp³-hybridized carbons (Fsp3) is 0.273. The minimum Gasteiger partial charge on any atom is -0.492 e. The molecule has 0 N–H and O–H groups in total. The molecular formula is C22H20FN3O2. The summed E-state index contributed by atoms with van der Waals surface area (Å²) < 4.78 is 20.8. The van der Waals surface area contributed by atoms with Crippen molar-refractivity contribution in [3.8, 4) is 5.75 Å². The van der Waals surface area contributed by atoms with Gasteiger partial charge in [0.25, 0.3) is 0 Å². The second-order valence-electron chi connectivity index (χ2n) is 7.41. The summed E-state index contributed by atoms with van der Waals surface area (Å²) in [6.45, 7) is 2.12. The normalized spacial score (nSPS) is 17.8. The highest BCUT2D eigenvalue weighted by atomic mass is 19.1. The predicted octanol–water partition coefficient (Wildman–Crippen LogP) is 3.16. The van der Waals surface area contributed by atoms with Crippen molar-refractivity contribution in [3.63, 3.8) is 0 Å². The molecule has 0 spiro atoms. The van der Waals surface area contributed by atoms with E-state index in [0.29, 0.717) is 32.7 Å². The van der Waals surface area contributed by atoms with Crippen LogP contribution in [0.4, 0.5) is 4.39 Å². The van der Waals surface area contributed by atoms with Crippen LogP contribution >= 0.6 is 0 Å². The number of hydrogen-bond donors (Lipinski definition) is 0. The highest BCUT2D eigenvalue weighted by Gasteiger charge is 2.34. The maximum Gasteiger partial charge on any atom is 0.230 e. The summed E-state index contributed by atoms with van der Waals surface area (Å²) in [7, 11) is 0. The van der Waals surface area contributed by atoms with E-state index in [1.54, 1.807) is 12.1 Å². The van der Waals surface area contributed by atoms with Crippen molar-refractivity contribution in [1.29, 1.82) is 0 Å². The largest absolute Gasteiger partial charge is 0.492 e. The number of carbonyl (C=O) groups excluding carboxylic acids is 1. The quantitative estimate of drug-likeness (QED) is 0.704. The van der Waals surface area contributed by atoms with Crippen LogP contribution in [0.2, 0.25) is 0 Å². The van der Waals surface area contributed by atoms with Crippen LogP contribution in [0.5, 0.6) is 5.75 Å². The van der Waals surface area contributed by atoms with Crippen molar-refractivity contribution >= 4 is 5.91 Å². The highest BCUT2D eigenvalue weighted by molar-refractivity contribution is 5.80. The van der Waals surface area contributed by atoms with Gasteiger partial charge in [-0.2, -0.15) is 5.10 Å². The maximum atomic E-state index is 13.1. The maximum absolute atomic E-state index is 13.1. The van der Waals surface area contributed by atoms with E-state index in [0.717, 1.165) is 28.1 Å². The number of para-hydroxylation sites is 1. The van der Waals surface area contributed by atoms with E-state index < -0.39 is 0 Å². The number of aromatic nitrogens is 2. The van der Waals surface area contributed by atoms with Gasteiger partial charge in [0.2, 0.25) is 5.91 Å². The molecule has 2 aliphatic rings. The number of benzene rings is 2. The van der Waals surface area contributed by atoms with Crippen molar-refractivity contribution in [2.24, 2.45) is 5.92 Å². The third-order valence-corrected chi connectivity index (χ3v) is 5.52. The Bertz CT molecular complexity index is 1030. The van der Waals surface area contributed by atoms with Gasteiger partial charge in [0.15, 0.2) is 0 Å². The van der Waals surface area contributed by atoms with Gasteiger partial charge in [-0.3, -0.25) is 9.48 Å². The first-order chi connectivity index (χ1) is 13.7. The van der Waals surface area contributed by atoms with Gasteiger partial charge in [0.05, 0.1) is 30.9 Å². The van der Waals surface area contributed by atoms with Crippen LogP contribution in [0.25, 0.3) is 0 Å². The van der Waals surface area contributed by atoms with Crippen molar-refractivity contribution < 1.29 is 13.9 Å². The Morgan fingerprint density at radius 1 is 1.11 bits per heavy atom. The fourth-order valence-corrected chi connectivity index (χ4v) is 4.01. The highest BCUT2D eigenvalue weighted by Crippen LogP contribution is 2.30. The predicted molar refractivity (Wildman–Crippen MR) is 101 cm³/mol. The summed E-state index contributed by atoms with van der Waals surface area (Å²) in [5, 5.41) is 4.45. The second kappa shape index (κ2) is 6.78. The summed E-state index contributed by atoms with van der Waals surface area (Å²) >= 11 is 0. The zero-order chi connectivity index (χ0) is 19.1. The van der Waals surface area contributed by atoms with Gasteiger partial charge >= 0.3 is 0 Å². The number of amides is 1. The standard InChI is InChI=1S/C22H20FN3O2/c23-19-7-5-15(6-8-19)11-26-20-13-25(12-18(20)10-24-26)22(27)17-9-16-3-1-2-4-21(16)28-14-17/h1-8,10,17H,9,11-14H2/t17-/m0/s1. The van der Waals surface area contributed by atoms with Crippen LogP contribution in [0, 0.1) is 11.7 Å². The Kier molecular flexibility index (Phi) is 4.11. The molecule has 1 aromatic heterocycles. The van der Waals surface area contributed by atoms with E-state index in [1.165, 1.54) is 12.1 Å². The molecule has 2 aromatic carbocycles. The molecular weight excluding hydrogens is 357 g/mol. The summed E-state index contributed by atoms with van der Waals surface area (Å²) in [5.74, 6) is 0.602. The summed E-state index contributed by atoms with van der Waals surface area (Å²) in [6.07, 6.45) is 2.54. The smallest absolute Gasteiger partial charge is 0.230 e. The monoisotopic (exact) mass is 377 g/mol. The minimum atomic E-state index is -0.248. The summed E-state index contributed by atoms with van der Waals surface area (Å²) in [6, 6.07) is 14.3. The first-order valence-corrected chi connectivity index (χ1v) is 9.45. The number of fused-ring (bicyclic) bond motifs is 2. The molecule has 142 valence electrons. The van der Waals surface area contributed by atoms with E-state index in [1.807, 2.05) is 40.0 Å². The summed E-state index contributed by atoms with van der Waals surface area (Å²) in [5.41, 5.74) is 4.20. The molecule has 2 aliphatic heterocycles. The Labute approximate surface area is 162 Å². The Balaban J connectivity index is 1.29. The van der Waals surface area contributed by atoms with Crippen LogP contribution in [0.3, 0.4) is 0 Å². The Morgan fingerprint density at radius 2 is 1.93 bits per heavy atom. The molecule has 28 heavy (non-hydrogen) atoms. The number of ether oxygens (including phenoxy) is 1. The number of nitrogens with zero attached hydrogens (tertiary/aromatic N) is 3. The molecule has 1 amide bonds. The van der Waals surface area contributed by atoms with Gasteiger partial charge in [-0.15, -0.1) is 0 Å². The van der Waals surface area contributed by atoms with Gasteiger partial charge < -0.3 is 9.64 Å². The van der Waals surface area contributed by atoms with Gasteiger partial charge in [-0.1, -0.05) is 30.3 Å². The molecule has 0 saturated carbocycles. The van der Waals surface area contributed by atoms with Crippen LogP contribution in [0.1, 0.15) is 22.4 Å². The van der Waals surface area contributed by atoms with E-state index in [4.69, 9.17) is 4.74 Å². The zero-order valence-electron chi connectivity index (χ0n) is 15.3. The van der Waals surface area contributed by atoms with Crippen LogP contribution in [-0.2, 0) is 30.8 Å². The lowest BCUT2D eigenvalue weighted by Gasteiger charge is -2.28. The van der Waals surface area contributed by atoms with E-state index in [-0.39, 0.29) is 17.6 Å². The second-order valence-corrected chi connectivity index (χ2v) is 7.41. The molecule has 5 nitrogen and oxygen atoms in total. The van der Waals surface area contributed by atoms with Crippen LogP contribution in [0.15, 0.2) is 54.7 Å². The molecule has 3 aromatic rings. The SMILES string of the molecule is O=C([C@@H]1COc2ccccc2C1)N1Cc2cnn(Cc3ccc(F)cc3)c2C1. The minimum absolute atomic E-state index is 0.124. The van der Waals surface area contributed by atoms with Crippen molar-refractivity contribution in [2.75, 3.05) is 6.61 Å². The third kappa shape index (κ3) is 3.05. The topological polar surface area (TPSA) is 47.4 Å². The molecule has 0 saturated heterocycles. The Morgan fingerprint density at radius 3 is 2.79 bits per heavy atom. The first-order valence-electron chi connectivity index (χ1n) is 9.45. The van der Waals surface area contributed by atoms with Gasteiger partial charge in [-0.25, -0.2) is 4.39 Å². The van der Waals surface area contributed by atoms with Gasteiger partial charge in [0, 0.05) is 12.1 Å². The van der Waals surface area contributed by atoms with E-state index in [9.17, 15) is 9.18 Å². The number of carbonyl (C=O) groups is 1. The van der Waals surface area contributed by atoms with E-state index in [2.05, 4.69) is 5.10 Å². The first kappa shape index (κ1) is 17.0. The molecule has 0 radical (unpaired) electrons. The number of halogens is 1.